The van der Waals surface area contributed by atoms with Crippen LogP contribution in [0.5, 0.6) is 0 Å². The average molecular weight is 251 g/mol. The maximum atomic E-state index is 11.4. The number of carboxylic acid groups (broad SMARTS) is 1. The van der Waals surface area contributed by atoms with Crippen molar-refractivity contribution >= 4 is 5.97 Å². The largest absolute Gasteiger partial charge is 0.477 e. The predicted octanol–water partition coefficient (Wildman–Crippen LogP) is 3.76. The summed E-state index contributed by atoms with van der Waals surface area (Å²) in [5, 5.41) is 13.4. The molecule has 0 spiro atoms. The van der Waals surface area contributed by atoms with E-state index in [1.807, 2.05) is 0 Å². The van der Waals surface area contributed by atoms with E-state index in [0.29, 0.717) is 23.4 Å². The maximum Gasteiger partial charge on any atom is 0.341 e. The predicted molar refractivity (Wildman–Crippen MR) is 67.9 cm³/mol. The summed E-state index contributed by atoms with van der Waals surface area (Å²) in [4.78, 5) is 11.4. The molecule has 1 aliphatic carbocycles. The van der Waals surface area contributed by atoms with Crippen molar-refractivity contribution in [3.05, 3.63) is 17.0 Å². The maximum absolute atomic E-state index is 11.4. The molecule has 0 bridgehead atoms. The highest BCUT2D eigenvalue weighted by Gasteiger charge is 2.29. The lowest BCUT2D eigenvalue weighted by molar-refractivity contribution is 0.0692. The minimum atomic E-state index is -0.885. The van der Waals surface area contributed by atoms with Crippen LogP contribution in [0.25, 0.3) is 0 Å². The molecule has 1 fully saturated rings. The van der Waals surface area contributed by atoms with E-state index >= 15 is 0 Å². The van der Waals surface area contributed by atoms with Crippen molar-refractivity contribution < 1.29 is 14.4 Å². The minimum Gasteiger partial charge on any atom is -0.477 e. The number of rotatable bonds is 6. The minimum absolute atomic E-state index is 0.267. The van der Waals surface area contributed by atoms with Gasteiger partial charge in [0, 0.05) is 5.92 Å². The lowest BCUT2D eigenvalue weighted by Crippen LogP contribution is -2.06. The van der Waals surface area contributed by atoms with Crippen LogP contribution in [0.2, 0.25) is 0 Å². The standard InChI is InChI=1S/C14H21NO3/c1-2-3-4-9-11-12(14(16)17)13(18-15-11)10-7-5-6-8-10/h10H,2-9H2,1H3,(H,16,17). The first kappa shape index (κ1) is 13.1. The molecule has 1 aromatic rings. The van der Waals surface area contributed by atoms with E-state index < -0.39 is 5.97 Å². The molecule has 4 nitrogen and oxygen atoms in total. The molecule has 100 valence electrons. The van der Waals surface area contributed by atoms with Crippen LogP contribution in [-0.4, -0.2) is 16.2 Å². The highest BCUT2D eigenvalue weighted by molar-refractivity contribution is 5.90. The zero-order valence-corrected chi connectivity index (χ0v) is 10.9. The molecule has 1 heterocycles. The van der Waals surface area contributed by atoms with Gasteiger partial charge in [-0.1, -0.05) is 37.8 Å². The van der Waals surface area contributed by atoms with Crippen LogP contribution in [0.1, 0.15) is 79.6 Å². The molecule has 2 rings (SSSR count). The molecule has 0 amide bonds. The second kappa shape index (κ2) is 6.03. The summed E-state index contributed by atoms with van der Waals surface area (Å²) in [7, 11) is 0. The van der Waals surface area contributed by atoms with E-state index in [1.165, 1.54) is 0 Å². The van der Waals surface area contributed by atoms with Gasteiger partial charge in [0.15, 0.2) is 5.76 Å². The molecule has 0 saturated heterocycles. The number of carbonyl (C=O) groups is 1. The Hall–Kier alpha value is -1.32. The number of aryl methyl sites for hydroxylation is 1. The number of hydrogen-bond donors (Lipinski definition) is 1. The number of aromatic carboxylic acids is 1. The molecule has 1 N–H and O–H groups in total. The van der Waals surface area contributed by atoms with Gasteiger partial charge in [-0.25, -0.2) is 4.79 Å². The number of aromatic nitrogens is 1. The van der Waals surface area contributed by atoms with Crippen molar-refractivity contribution in [2.75, 3.05) is 0 Å². The normalized spacial score (nSPS) is 16.3. The van der Waals surface area contributed by atoms with Gasteiger partial charge >= 0.3 is 5.97 Å². The molecular weight excluding hydrogens is 230 g/mol. The van der Waals surface area contributed by atoms with Gasteiger partial charge in [-0.15, -0.1) is 0 Å². The topological polar surface area (TPSA) is 63.3 Å². The second-order valence-electron chi connectivity index (χ2n) is 5.11. The van der Waals surface area contributed by atoms with Crippen LogP contribution in [0.3, 0.4) is 0 Å². The van der Waals surface area contributed by atoms with Crippen LogP contribution in [0.4, 0.5) is 0 Å². The molecule has 0 aromatic carbocycles. The van der Waals surface area contributed by atoms with E-state index in [9.17, 15) is 9.90 Å². The van der Waals surface area contributed by atoms with Crippen molar-refractivity contribution in [2.24, 2.45) is 0 Å². The highest BCUT2D eigenvalue weighted by atomic mass is 16.5. The molecule has 1 aliphatic rings. The quantitative estimate of drug-likeness (QED) is 0.782. The fourth-order valence-corrected chi connectivity index (χ4v) is 2.75. The van der Waals surface area contributed by atoms with Crippen molar-refractivity contribution in [3.63, 3.8) is 0 Å². The zero-order valence-electron chi connectivity index (χ0n) is 10.9. The molecule has 1 saturated carbocycles. The fraction of sp³-hybridized carbons (Fsp3) is 0.714. The van der Waals surface area contributed by atoms with Gasteiger partial charge < -0.3 is 9.63 Å². The van der Waals surface area contributed by atoms with Crippen LogP contribution < -0.4 is 0 Å². The Kier molecular flexibility index (Phi) is 4.39. The summed E-state index contributed by atoms with van der Waals surface area (Å²) >= 11 is 0. The van der Waals surface area contributed by atoms with Crippen molar-refractivity contribution in [1.82, 2.24) is 5.16 Å². The van der Waals surface area contributed by atoms with E-state index in [0.717, 1.165) is 44.9 Å². The van der Waals surface area contributed by atoms with Gasteiger partial charge in [0.1, 0.15) is 5.56 Å². The first-order valence-corrected chi connectivity index (χ1v) is 6.95. The third-order valence-corrected chi connectivity index (χ3v) is 3.75. The third-order valence-electron chi connectivity index (χ3n) is 3.75. The van der Waals surface area contributed by atoms with Gasteiger partial charge in [-0.05, 0) is 25.7 Å². The van der Waals surface area contributed by atoms with Gasteiger partial charge in [-0.2, -0.15) is 0 Å². The Bertz CT molecular complexity index is 405. The zero-order chi connectivity index (χ0) is 13.0. The van der Waals surface area contributed by atoms with E-state index in [2.05, 4.69) is 12.1 Å². The first-order valence-electron chi connectivity index (χ1n) is 6.95. The molecule has 0 radical (unpaired) electrons. The van der Waals surface area contributed by atoms with E-state index in [4.69, 9.17) is 4.52 Å². The van der Waals surface area contributed by atoms with Gasteiger partial charge in [-0.3, -0.25) is 0 Å². The van der Waals surface area contributed by atoms with Gasteiger partial charge in [0.2, 0.25) is 0 Å². The van der Waals surface area contributed by atoms with Crippen LogP contribution >= 0.6 is 0 Å². The average Bonchev–Trinajstić information content (AvgIpc) is 2.97. The summed E-state index contributed by atoms with van der Waals surface area (Å²) in [5.74, 6) is -0.000304. The first-order chi connectivity index (χ1) is 8.74. The third kappa shape index (κ3) is 2.74. The summed E-state index contributed by atoms with van der Waals surface area (Å²) < 4.78 is 5.34. The molecule has 0 atom stereocenters. The number of unbranched alkanes of at least 4 members (excludes halogenated alkanes) is 2. The Balaban J connectivity index is 2.17. The van der Waals surface area contributed by atoms with Crippen LogP contribution in [-0.2, 0) is 6.42 Å². The Labute approximate surface area is 107 Å². The van der Waals surface area contributed by atoms with Crippen molar-refractivity contribution in [3.8, 4) is 0 Å². The van der Waals surface area contributed by atoms with E-state index in [1.54, 1.807) is 0 Å². The molecule has 4 heteroatoms. The van der Waals surface area contributed by atoms with Crippen molar-refractivity contribution in [1.29, 1.82) is 0 Å². The molecule has 1 aromatic heterocycles. The molecule has 18 heavy (non-hydrogen) atoms. The monoisotopic (exact) mass is 251 g/mol. The summed E-state index contributed by atoms with van der Waals surface area (Å²) in [6.07, 6.45) is 8.30. The van der Waals surface area contributed by atoms with Crippen LogP contribution in [0, 0.1) is 0 Å². The van der Waals surface area contributed by atoms with Crippen LogP contribution in [0.15, 0.2) is 4.52 Å². The lowest BCUT2D eigenvalue weighted by Gasteiger charge is -2.05. The second-order valence-corrected chi connectivity index (χ2v) is 5.11. The smallest absolute Gasteiger partial charge is 0.341 e. The Morgan fingerprint density at radius 2 is 2.11 bits per heavy atom. The Morgan fingerprint density at radius 1 is 1.39 bits per heavy atom. The number of nitrogens with zero attached hydrogens (tertiary/aromatic N) is 1. The number of carboxylic acids is 1. The fourth-order valence-electron chi connectivity index (χ4n) is 2.75. The van der Waals surface area contributed by atoms with Gasteiger partial charge in [0.25, 0.3) is 0 Å². The molecule has 0 unspecified atom stereocenters. The SMILES string of the molecule is CCCCCc1noc(C2CCCC2)c1C(=O)O. The van der Waals surface area contributed by atoms with Gasteiger partial charge in [0.05, 0.1) is 5.69 Å². The Morgan fingerprint density at radius 3 is 2.72 bits per heavy atom. The summed E-state index contributed by atoms with van der Waals surface area (Å²) in [6, 6.07) is 0. The molecular formula is C14H21NO3. The number of hydrogen-bond acceptors (Lipinski definition) is 3. The summed E-state index contributed by atoms with van der Waals surface area (Å²) in [5.41, 5.74) is 0.982. The molecule has 0 aliphatic heterocycles. The van der Waals surface area contributed by atoms with Crippen molar-refractivity contribution in [2.45, 2.75) is 64.2 Å². The summed E-state index contributed by atoms with van der Waals surface area (Å²) in [6.45, 7) is 2.13. The van der Waals surface area contributed by atoms with E-state index in [-0.39, 0.29) is 5.92 Å². The lowest BCUT2D eigenvalue weighted by atomic mass is 9.98. The highest BCUT2D eigenvalue weighted by Crippen LogP contribution is 2.37.